The Morgan fingerprint density at radius 1 is 0.593 bits per heavy atom. The fourth-order valence-corrected chi connectivity index (χ4v) is 4.44. The van der Waals surface area contributed by atoms with Crippen LogP contribution in [0.3, 0.4) is 0 Å². The lowest BCUT2D eigenvalue weighted by molar-refractivity contribution is 1.18. The number of aromatic nitrogens is 2. The van der Waals surface area contributed by atoms with Crippen LogP contribution in [0, 0.1) is 6.92 Å². The van der Waals surface area contributed by atoms with E-state index < -0.39 is 0 Å². The van der Waals surface area contributed by atoms with E-state index in [-0.39, 0.29) is 0 Å². The molecule has 6 rings (SSSR count). The molecular weight excluding hydrogens is 328 g/mol. The van der Waals surface area contributed by atoms with Crippen molar-refractivity contribution in [1.29, 1.82) is 0 Å². The molecule has 128 valence electrons. The normalized spacial score (nSPS) is 11.9. The molecule has 0 aliphatic carbocycles. The Bertz CT molecular complexity index is 1470. The van der Waals surface area contributed by atoms with Gasteiger partial charge in [-0.1, -0.05) is 66.7 Å². The molecule has 0 aliphatic rings. The molecule has 2 nitrogen and oxygen atoms in total. The summed E-state index contributed by atoms with van der Waals surface area (Å²) in [5.74, 6) is 0. The predicted molar refractivity (Wildman–Crippen MR) is 115 cm³/mol. The van der Waals surface area contributed by atoms with Gasteiger partial charge in [0, 0.05) is 32.7 Å². The SMILES string of the molecule is Cc1cccc2c1[nH]c1c2ccc2c3ccccc3n(-c3ccccc3)c21. The first-order chi connectivity index (χ1) is 13.3. The van der Waals surface area contributed by atoms with Crippen LogP contribution in [-0.2, 0) is 0 Å². The van der Waals surface area contributed by atoms with E-state index in [0.717, 1.165) is 0 Å². The monoisotopic (exact) mass is 346 g/mol. The van der Waals surface area contributed by atoms with Gasteiger partial charge in [-0.2, -0.15) is 0 Å². The molecule has 2 heteroatoms. The van der Waals surface area contributed by atoms with Crippen molar-refractivity contribution in [2.24, 2.45) is 0 Å². The minimum absolute atomic E-state index is 1.19. The highest BCUT2D eigenvalue weighted by atomic mass is 15.0. The smallest absolute Gasteiger partial charge is 0.0783 e. The lowest BCUT2D eigenvalue weighted by atomic mass is 10.1. The van der Waals surface area contributed by atoms with E-state index in [1.54, 1.807) is 0 Å². The van der Waals surface area contributed by atoms with Gasteiger partial charge in [0.05, 0.1) is 16.6 Å². The van der Waals surface area contributed by atoms with E-state index in [1.807, 2.05) is 0 Å². The van der Waals surface area contributed by atoms with Crippen molar-refractivity contribution in [1.82, 2.24) is 9.55 Å². The molecular formula is C25H18N2. The maximum Gasteiger partial charge on any atom is 0.0783 e. The molecule has 0 bridgehead atoms. The van der Waals surface area contributed by atoms with Crippen LogP contribution >= 0.6 is 0 Å². The maximum atomic E-state index is 3.74. The first-order valence-electron chi connectivity index (χ1n) is 9.31. The van der Waals surface area contributed by atoms with E-state index in [4.69, 9.17) is 0 Å². The van der Waals surface area contributed by atoms with Crippen LogP contribution in [0.1, 0.15) is 5.56 Å². The van der Waals surface area contributed by atoms with Crippen LogP contribution in [0.15, 0.2) is 84.9 Å². The minimum Gasteiger partial charge on any atom is -0.353 e. The number of aryl methyl sites for hydroxylation is 1. The van der Waals surface area contributed by atoms with E-state index in [9.17, 15) is 0 Å². The van der Waals surface area contributed by atoms with Gasteiger partial charge in [-0.25, -0.2) is 0 Å². The molecule has 27 heavy (non-hydrogen) atoms. The molecule has 0 fully saturated rings. The van der Waals surface area contributed by atoms with Crippen molar-refractivity contribution in [3.63, 3.8) is 0 Å². The molecule has 0 aliphatic heterocycles. The van der Waals surface area contributed by atoms with E-state index in [0.29, 0.717) is 0 Å². The summed E-state index contributed by atoms with van der Waals surface area (Å²) in [5.41, 5.74) is 7.38. The second kappa shape index (κ2) is 5.24. The van der Waals surface area contributed by atoms with Crippen molar-refractivity contribution in [3.05, 3.63) is 90.5 Å². The lowest BCUT2D eigenvalue weighted by Gasteiger charge is -2.08. The number of hydrogen-bond acceptors (Lipinski definition) is 0. The molecule has 1 N–H and O–H groups in total. The Hall–Kier alpha value is -3.52. The van der Waals surface area contributed by atoms with Crippen LogP contribution in [0.25, 0.3) is 49.3 Å². The fraction of sp³-hybridized carbons (Fsp3) is 0.0400. The predicted octanol–water partition coefficient (Wildman–Crippen LogP) is 6.73. The highest BCUT2D eigenvalue weighted by Gasteiger charge is 2.17. The second-order valence-corrected chi connectivity index (χ2v) is 7.19. The maximum absolute atomic E-state index is 3.74. The van der Waals surface area contributed by atoms with Crippen molar-refractivity contribution < 1.29 is 0 Å². The molecule has 0 amide bonds. The van der Waals surface area contributed by atoms with Gasteiger partial charge < -0.3 is 9.55 Å². The van der Waals surface area contributed by atoms with Crippen molar-refractivity contribution in [2.45, 2.75) is 6.92 Å². The molecule has 0 atom stereocenters. The third-order valence-electron chi connectivity index (χ3n) is 5.66. The number of benzene rings is 4. The van der Waals surface area contributed by atoms with E-state index in [2.05, 4.69) is 101 Å². The van der Waals surface area contributed by atoms with Crippen LogP contribution in [0.2, 0.25) is 0 Å². The van der Waals surface area contributed by atoms with Crippen LogP contribution in [-0.4, -0.2) is 9.55 Å². The average Bonchev–Trinajstić information content (AvgIpc) is 3.25. The summed E-state index contributed by atoms with van der Waals surface area (Å²) in [6.45, 7) is 2.17. The first-order valence-corrected chi connectivity index (χ1v) is 9.31. The summed E-state index contributed by atoms with van der Waals surface area (Å²) in [4.78, 5) is 3.74. The molecule has 4 aromatic carbocycles. The van der Waals surface area contributed by atoms with Gasteiger partial charge in [-0.05, 0) is 30.7 Å². The molecule has 0 radical (unpaired) electrons. The summed E-state index contributed by atoms with van der Waals surface area (Å²) in [7, 11) is 0. The molecule has 6 aromatic rings. The summed E-state index contributed by atoms with van der Waals surface area (Å²) in [6.07, 6.45) is 0. The van der Waals surface area contributed by atoms with Gasteiger partial charge >= 0.3 is 0 Å². The van der Waals surface area contributed by atoms with E-state index >= 15 is 0 Å². The summed E-state index contributed by atoms with van der Waals surface area (Å²) in [6, 6.07) is 30.4. The largest absolute Gasteiger partial charge is 0.353 e. The van der Waals surface area contributed by atoms with Gasteiger partial charge in [-0.15, -0.1) is 0 Å². The number of hydrogen-bond donors (Lipinski definition) is 1. The average molecular weight is 346 g/mol. The summed E-state index contributed by atoms with van der Waals surface area (Å²) in [5, 5.41) is 5.14. The standard InChI is InChI=1S/C25H18N2/c1-16-8-7-12-19-20-14-15-21-18-11-5-6-13-22(18)27(17-9-3-2-4-10-17)25(21)24(20)26-23(16)19/h2-15,26H,1H3. The molecule has 0 saturated carbocycles. The molecule has 0 unspecified atom stereocenters. The van der Waals surface area contributed by atoms with Crippen molar-refractivity contribution in [2.75, 3.05) is 0 Å². The number of aromatic amines is 1. The first kappa shape index (κ1) is 14.6. The van der Waals surface area contributed by atoms with E-state index in [1.165, 1.54) is 54.9 Å². The number of para-hydroxylation sites is 3. The molecule has 2 heterocycles. The van der Waals surface area contributed by atoms with Crippen LogP contribution in [0.4, 0.5) is 0 Å². The zero-order valence-corrected chi connectivity index (χ0v) is 15.0. The number of rotatable bonds is 1. The molecule has 0 spiro atoms. The van der Waals surface area contributed by atoms with Gasteiger partial charge in [0.2, 0.25) is 0 Å². The minimum atomic E-state index is 1.19. The Morgan fingerprint density at radius 3 is 2.19 bits per heavy atom. The summed E-state index contributed by atoms with van der Waals surface area (Å²) < 4.78 is 2.39. The highest BCUT2D eigenvalue weighted by Crippen LogP contribution is 2.38. The highest BCUT2D eigenvalue weighted by molar-refractivity contribution is 6.22. The number of nitrogens with zero attached hydrogens (tertiary/aromatic N) is 1. The van der Waals surface area contributed by atoms with Gasteiger partial charge in [0.25, 0.3) is 0 Å². The number of nitrogens with one attached hydrogen (secondary N) is 1. The van der Waals surface area contributed by atoms with Crippen molar-refractivity contribution >= 4 is 43.6 Å². The third-order valence-corrected chi connectivity index (χ3v) is 5.66. The van der Waals surface area contributed by atoms with Crippen LogP contribution < -0.4 is 0 Å². The van der Waals surface area contributed by atoms with Crippen molar-refractivity contribution in [3.8, 4) is 5.69 Å². The zero-order chi connectivity index (χ0) is 18.0. The number of H-pyrrole nitrogens is 1. The Morgan fingerprint density at radius 2 is 1.30 bits per heavy atom. The van der Waals surface area contributed by atoms with Gasteiger partial charge in [-0.3, -0.25) is 0 Å². The Balaban J connectivity index is 1.92. The fourth-order valence-electron chi connectivity index (χ4n) is 4.44. The van der Waals surface area contributed by atoms with Crippen LogP contribution in [0.5, 0.6) is 0 Å². The molecule has 2 aromatic heterocycles. The quantitative estimate of drug-likeness (QED) is 0.341. The van der Waals surface area contributed by atoms with Gasteiger partial charge in [0.15, 0.2) is 0 Å². The second-order valence-electron chi connectivity index (χ2n) is 7.19. The zero-order valence-electron chi connectivity index (χ0n) is 15.0. The summed E-state index contributed by atoms with van der Waals surface area (Å²) >= 11 is 0. The molecule has 0 saturated heterocycles. The number of fused-ring (bicyclic) bond motifs is 7. The Labute approximate surface area is 156 Å². The third kappa shape index (κ3) is 1.90. The topological polar surface area (TPSA) is 20.7 Å². The van der Waals surface area contributed by atoms with Gasteiger partial charge in [0.1, 0.15) is 0 Å². The Kier molecular flexibility index (Phi) is 2.84. The lowest BCUT2D eigenvalue weighted by Crippen LogP contribution is -1.93.